The number of hydrogen-bond donors (Lipinski definition) is 1. The molecule has 1 atom stereocenters. The van der Waals surface area contributed by atoms with Gasteiger partial charge >= 0.3 is 5.97 Å². The minimum absolute atomic E-state index is 0.0151. The van der Waals surface area contributed by atoms with Crippen LogP contribution in [0.1, 0.15) is 16.9 Å². The summed E-state index contributed by atoms with van der Waals surface area (Å²) in [7, 11) is 2.09. The zero-order chi connectivity index (χ0) is 10.8. The molecule has 0 spiro atoms. The molecule has 1 fully saturated rings. The first-order chi connectivity index (χ1) is 7.15. The lowest BCUT2D eigenvalue weighted by Gasteiger charge is -2.09. The van der Waals surface area contributed by atoms with Crippen molar-refractivity contribution < 1.29 is 9.90 Å². The van der Waals surface area contributed by atoms with Gasteiger partial charge in [-0.05, 0) is 25.9 Å². The van der Waals surface area contributed by atoms with Crippen LogP contribution in [-0.2, 0) is 6.54 Å². The molecule has 6 heteroatoms. The molecular weight excluding hydrogens is 196 g/mol. The molecule has 0 unspecified atom stereocenters. The number of aromatic carboxylic acids is 1. The highest BCUT2D eigenvalue weighted by Gasteiger charge is 2.20. The zero-order valence-corrected chi connectivity index (χ0v) is 8.63. The molecule has 0 aromatic carbocycles. The molecule has 0 aliphatic carbocycles. The highest BCUT2D eigenvalue weighted by Crippen LogP contribution is 2.15. The van der Waals surface area contributed by atoms with E-state index in [1.54, 1.807) is 4.68 Å². The van der Waals surface area contributed by atoms with Gasteiger partial charge in [-0.1, -0.05) is 5.21 Å². The zero-order valence-electron chi connectivity index (χ0n) is 8.63. The third-order valence-corrected chi connectivity index (χ3v) is 2.69. The Hall–Kier alpha value is -1.43. The molecule has 0 saturated carbocycles. The number of aromatic nitrogens is 3. The number of likely N-dealkylation sites (tertiary alicyclic amines) is 1. The van der Waals surface area contributed by atoms with E-state index >= 15 is 0 Å². The van der Waals surface area contributed by atoms with Crippen molar-refractivity contribution in [3.63, 3.8) is 0 Å². The van der Waals surface area contributed by atoms with Crippen LogP contribution in [0.5, 0.6) is 0 Å². The van der Waals surface area contributed by atoms with Crippen LogP contribution >= 0.6 is 0 Å². The molecule has 0 bridgehead atoms. The van der Waals surface area contributed by atoms with Crippen molar-refractivity contribution in [1.29, 1.82) is 0 Å². The van der Waals surface area contributed by atoms with Crippen LogP contribution in [0, 0.1) is 5.92 Å². The largest absolute Gasteiger partial charge is 0.476 e. The Balaban J connectivity index is 1.96. The fourth-order valence-corrected chi connectivity index (χ4v) is 1.93. The summed E-state index contributed by atoms with van der Waals surface area (Å²) in [5.74, 6) is -0.469. The molecule has 15 heavy (non-hydrogen) atoms. The van der Waals surface area contributed by atoms with Gasteiger partial charge in [0.15, 0.2) is 5.69 Å². The molecule has 2 rings (SSSR count). The second kappa shape index (κ2) is 3.98. The second-order valence-electron chi connectivity index (χ2n) is 4.05. The van der Waals surface area contributed by atoms with Crippen LogP contribution in [-0.4, -0.2) is 51.1 Å². The van der Waals surface area contributed by atoms with Crippen molar-refractivity contribution in [3.8, 4) is 0 Å². The van der Waals surface area contributed by atoms with Gasteiger partial charge in [0.1, 0.15) is 0 Å². The minimum Gasteiger partial charge on any atom is -0.476 e. The number of hydrogen-bond acceptors (Lipinski definition) is 4. The summed E-state index contributed by atoms with van der Waals surface area (Å²) in [4.78, 5) is 12.8. The Kier molecular flexibility index (Phi) is 2.68. The number of carbonyl (C=O) groups is 1. The minimum atomic E-state index is -1.02. The lowest BCUT2D eigenvalue weighted by molar-refractivity contribution is 0.0690. The molecule has 1 saturated heterocycles. The monoisotopic (exact) mass is 210 g/mol. The predicted molar refractivity (Wildman–Crippen MR) is 52.6 cm³/mol. The van der Waals surface area contributed by atoms with Gasteiger partial charge < -0.3 is 10.0 Å². The Morgan fingerprint density at radius 2 is 2.53 bits per heavy atom. The average Bonchev–Trinajstić information content (AvgIpc) is 2.76. The van der Waals surface area contributed by atoms with E-state index in [-0.39, 0.29) is 5.69 Å². The highest BCUT2D eigenvalue weighted by molar-refractivity contribution is 5.84. The van der Waals surface area contributed by atoms with Crippen LogP contribution < -0.4 is 0 Å². The summed E-state index contributed by atoms with van der Waals surface area (Å²) in [6.07, 6.45) is 2.62. The smallest absolute Gasteiger partial charge is 0.358 e. The molecular formula is C9H14N4O2. The number of carboxylic acids is 1. The van der Waals surface area contributed by atoms with E-state index in [1.807, 2.05) is 0 Å². The topological polar surface area (TPSA) is 71.2 Å². The molecule has 1 aliphatic heterocycles. The maximum absolute atomic E-state index is 10.6. The summed E-state index contributed by atoms with van der Waals surface area (Å²) in [5.41, 5.74) is 0.0151. The first-order valence-corrected chi connectivity index (χ1v) is 4.97. The molecule has 1 N–H and O–H groups in total. The first kappa shape index (κ1) is 10.1. The maximum atomic E-state index is 10.6. The predicted octanol–water partition coefficient (Wildman–Crippen LogP) is -0.0720. The maximum Gasteiger partial charge on any atom is 0.358 e. The van der Waals surface area contributed by atoms with E-state index in [1.165, 1.54) is 6.20 Å². The van der Waals surface area contributed by atoms with Crippen molar-refractivity contribution in [1.82, 2.24) is 19.9 Å². The molecule has 1 aromatic heterocycles. The standard InChI is InChI=1S/C9H14N4O2/c1-12-3-2-7(4-12)5-13-6-8(9(14)15)10-11-13/h6-7H,2-5H2,1H3,(H,14,15)/t7-/m1/s1. The van der Waals surface area contributed by atoms with Crippen molar-refractivity contribution in [2.45, 2.75) is 13.0 Å². The molecule has 1 aromatic rings. The molecule has 82 valence electrons. The quantitative estimate of drug-likeness (QED) is 0.756. The van der Waals surface area contributed by atoms with Gasteiger partial charge in [0.2, 0.25) is 0 Å². The molecule has 0 amide bonds. The van der Waals surface area contributed by atoms with E-state index in [2.05, 4.69) is 22.3 Å². The van der Waals surface area contributed by atoms with E-state index < -0.39 is 5.97 Å². The van der Waals surface area contributed by atoms with E-state index in [4.69, 9.17) is 5.11 Å². The summed E-state index contributed by atoms with van der Waals surface area (Å²) in [6, 6.07) is 0. The Labute approximate surface area is 87.5 Å². The van der Waals surface area contributed by atoms with Crippen LogP contribution in [0.25, 0.3) is 0 Å². The highest BCUT2D eigenvalue weighted by atomic mass is 16.4. The summed E-state index contributed by atoms with van der Waals surface area (Å²) >= 11 is 0. The summed E-state index contributed by atoms with van der Waals surface area (Å²) < 4.78 is 1.62. The molecule has 0 radical (unpaired) electrons. The second-order valence-corrected chi connectivity index (χ2v) is 4.05. The summed E-state index contributed by atoms with van der Waals surface area (Å²) in [5, 5.41) is 16.0. The number of nitrogens with zero attached hydrogens (tertiary/aromatic N) is 4. The van der Waals surface area contributed by atoms with Gasteiger partial charge in [0, 0.05) is 13.1 Å². The average molecular weight is 210 g/mol. The first-order valence-electron chi connectivity index (χ1n) is 4.97. The van der Waals surface area contributed by atoms with Crippen LogP contribution in [0.3, 0.4) is 0 Å². The van der Waals surface area contributed by atoms with Crippen LogP contribution in [0.15, 0.2) is 6.20 Å². The van der Waals surface area contributed by atoms with Gasteiger partial charge in [-0.15, -0.1) is 5.10 Å². The van der Waals surface area contributed by atoms with Crippen molar-refractivity contribution >= 4 is 5.97 Å². The number of rotatable bonds is 3. The van der Waals surface area contributed by atoms with E-state index in [0.29, 0.717) is 5.92 Å². The molecule has 1 aliphatic rings. The normalized spacial score (nSPS) is 22.1. The third-order valence-electron chi connectivity index (χ3n) is 2.69. The van der Waals surface area contributed by atoms with Gasteiger partial charge in [-0.3, -0.25) is 4.68 Å². The van der Waals surface area contributed by atoms with Gasteiger partial charge in [-0.2, -0.15) is 0 Å². The fraction of sp³-hybridized carbons (Fsp3) is 0.667. The van der Waals surface area contributed by atoms with Crippen molar-refractivity contribution in [2.24, 2.45) is 5.92 Å². The van der Waals surface area contributed by atoms with Crippen molar-refractivity contribution in [2.75, 3.05) is 20.1 Å². The number of carboxylic acid groups (broad SMARTS) is 1. The van der Waals surface area contributed by atoms with Gasteiger partial charge in [0.05, 0.1) is 6.20 Å². The Morgan fingerprint density at radius 3 is 3.07 bits per heavy atom. The fourth-order valence-electron chi connectivity index (χ4n) is 1.93. The Bertz CT molecular complexity index is 363. The lowest BCUT2D eigenvalue weighted by atomic mass is 10.1. The summed E-state index contributed by atoms with van der Waals surface area (Å²) in [6.45, 7) is 2.90. The van der Waals surface area contributed by atoms with Crippen molar-refractivity contribution in [3.05, 3.63) is 11.9 Å². The third kappa shape index (κ3) is 2.33. The molecule has 6 nitrogen and oxygen atoms in total. The SMILES string of the molecule is CN1CC[C@@H](Cn2cc(C(=O)O)nn2)C1. The lowest BCUT2D eigenvalue weighted by Crippen LogP contribution is -2.17. The molecule has 2 heterocycles. The van der Waals surface area contributed by atoms with Gasteiger partial charge in [0.25, 0.3) is 0 Å². The van der Waals surface area contributed by atoms with E-state index in [0.717, 1.165) is 26.1 Å². The van der Waals surface area contributed by atoms with Crippen LogP contribution in [0.4, 0.5) is 0 Å². The van der Waals surface area contributed by atoms with E-state index in [9.17, 15) is 4.79 Å². The van der Waals surface area contributed by atoms with Crippen LogP contribution in [0.2, 0.25) is 0 Å². The Morgan fingerprint density at radius 1 is 1.73 bits per heavy atom. The van der Waals surface area contributed by atoms with Gasteiger partial charge in [-0.25, -0.2) is 4.79 Å².